The summed E-state index contributed by atoms with van der Waals surface area (Å²) in [4.78, 5) is 18.4. The number of fused-ring (bicyclic) bond motifs is 2. The van der Waals surface area contributed by atoms with E-state index < -0.39 is 0 Å². The highest BCUT2D eigenvalue weighted by Crippen LogP contribution is 2.36. The second-order valence-electron chi connectivity index (χ2n) is 9.50. The Balaban J connectivity index is 1.64. The van der Waals surface area contributed by atoms with Crippen molar-refractivity contribution in [3.05, 3.63) is 80.1 Å². The Hall–Kier alpha value is -2.72. The summed E-state index contributed by atoms with van der Waals surface area (Å²) in [7, 11) is 0. The van der Waals surface area contributed by atoms with Gasteiger partial charge in [0.05, 0.1) is 20.8 Å². The smallest absolute Gasteiger partial charge is 0.186 e. The van der Waals surface area contributed by atoms with E-state index >= 15 is 0 Å². The predicted molar refractivity (Wildman–Crippen MR) is 148 cm³/mol. The zero-order valence-corrected chi connectivity index (χ0v) is 22.5. The molecule has 34 heavy (non-hydrogen) atoms. The van der Waals surface area contributed by atoms with Gasteiger partial charge in [-0.15, -0.1) is 11.3 Å². The minimum absolute atomic E-state index is 0.124. The molecule has 1 heterocycles. The van der Waals surface area contributed by atoms with E-state index in [0.29, 0.717) is 6.61 Å². The van der Waals surface area contributed by atoms with Crippen LogP contribution >= 0.6 is 11.3 Å². The van der Waals surface area contributed by atoms with Crippen LogP contribution in [0.5, 0.6) is 5.75 Å². The van der Waals surface area contributed by atoms with Crippen LogP contribution in [0.3, 0.4) is 0 Å². The summed E-state index contributed by atoms with van der Waals surface area (Å²) in [5.74, 6) is 0.817. The number of rotatable bonds is 9. The molecular weight excluding hydrogens is 438 g/mol. The Kier molecular flexibility index (Phi) is 8.84. The van der Waals surface area contributed by atoms with Gasteiger partial charge in [-0.2, -0.15) is 0 Å². The summed E-state index contributed by atoms with van der Waals surface area (Å²) in [6.45, 7) is 15.0. The Morgan fingerprint density at radius 1 is 0.912 bits per heavy atom. The molecule has 1 aliphatic heterocycles. The summed E-state index contributed by atoms with van der Waals surface area (Å²) < 4.78 is 7.07. The molecule has 180 valence electrons. The van der Waals surface area contributed by atoms with Gasteiger partial charge >= 0.3 is 0 Å². The molecule has 0 radical (unpaired) electrons. The molecule has 0 aromatic heterocycles. The zero-order valence-electron chi connectivity index (χ0n) is 21.7. The SMILES string of the molecule is CC(C)=CCC/C(C)=C/CC/C(C)=C/COc1ccc2sc3c(C)c(=O)c(C)c(C)c-3nc2c1. The Bertz CT molecular complexity index is 1290. The molecule has 3 rings (SSSR count). The second-order valence-corrected chi connectivity index (χ2v) is 10.5. The molecule has 0 atom stereocenters. The third kappa shape index (κ3) is 6.44. The van der Waals surface area contributed by atoms with Crippen molar-refractivity contribution >= 4 is 21.6 Å². The largest absolute Gasteiger partial charge is 0.489 e. The third-order valence-corrected chi connectivity index (χ3v) is 7.60. The van der Waals surface area contributed by atoms with Crippen LogP contribution in [0.1, 0.15) is 70.1 Å². The zero-order chi connectivity index (χ0) is 24.8. The van der Waals surface area contributed by atoms with Crippen LogP contribution in [0.25, 0.3) is 20.8 Å². The molecule has 1 aromatic rings. The first kappa shape index (κ1) is 25.9. The van der Waals surface area contributed by atoms with E-state index in [9.17, 15) is 4.79 Å². The van der Waals surface area contributed by atoms with Gasteiger partial charge in [0.2, 0.25) is 0 Å². The number of ether oxygens (including phenoxy) is 1. The van der Waals surface area contributed by atoms with E-state index in [1.165, 1.54) is 16.7 Å². The molecule has 0 bridgehead atoms. The van der Waals surface area contributed by atoms with Crippen molar-refractivity contribution in [1.29, 1.82) is 0 Å². The van der Waals surface area contributed by atoms with Gasteiger partial charge in [0.1, 0.15) is 12.4 Å². The van der Waals surface area contributed by atoms with E-state index in [-0.39, 0.29) is 5.43 Å². The molecule has 0 saturated heterocycles. The van der Waals surface area contributed by atoms with Crippen LogP contribution in [0, 0.1) is 20.8 Å². The summed E-state index contributed by atoms with van der Waals surface area (Å²) in [5.41, 5.74) is 8.69. The van der Waals surface area contributed by atoms with Crippen molar-refractivity contribution in [2.45, 2.75) is 74.1 Å². The molecule has 2 aliphatic rings. The maximum atomic E-state index is 12.5. The fourth-order valence-corrected chi connectivity index (χ4v) is 5.06. The Labute approximate surface area is 208 Å². The lowest BCUT2D eigenvalue weighted by molar-refractivity contribution is 0.362. The van der Waals surface area contributed by atoms with E-state index in [1.807, 2.05) is 39.0 Å². The number of hydrogen-bond acceptors (Lipinski definition) is 4. The van der Waals surface area contributed by atoms with Gasteiger partial charge in [-0.3, -0.25) is 4.79 Å². The van der Waals surface area contributed by atoms with Crippen LogP contribution in [0.4, 0.5) is 0 Å². The first-order valence-corrected chi connectivity index (χ1v) is 12.9. The van der Waals surface area contributed by atoms with E-state index in [2.05, 4.69) is 45.9 Å². The van der Waals surface area contributed by atoms with Gasteiger partial charge < -0.3 is 4.74 Å². The monoisotopic (exact) mass is 475 g/mol. The Morgan fingerprint density at radius 3 is 2.29 bits per heavy atom. The summed E-state index contributed by atoms with van der Waals surface area (Å²) in [6.07, 6.45) is 11.2. The van der Waals surface area contributed by atoms with Crippen molar-refractivity contribution in [2.75, 3.05) is 6.61 Å². The molecule has 1 aromatic carbocycles. The lowest BCUT2D eigenvalue weighted by atomic mass is 10.0. The fourth-order valence-electron chi connectivity index (χ4n) is 3.95. The molecule has 0 unspecified atom stereocenters. The van der Waals surface area contributed by atoms with E-state index in [0.717, 1.165) is 68.9 Å². The summed E-state index contributed by atoms with van der Waals surface area (Å²) in [6, 6.07) is 6.03. The molecule has 0 N–H and O–H groups in total. The van der Waals surface area contributed by atoms with Crippen molar-refractivity contribution < 1.29 is 4.74 Å². The maximum Gasteiger partial charge on any atom is 0.186 e. The van der Waals surface area contributed by atoms with Gasteiger partial charge in [0, 0.05) is 17.2 Å². The van der Waals surface area contributed by atoms with Gasteiger partial charge in [-0.1, -0.05) is 28.9 Å². The molecule has 0 saturated carbocycles. The molecule has 0 fully saturated rings. The number of aromatic nitrogens is 1. The minimum Gasteiger partial charge on any atom is -0.489 e. The summed E-state index contributed by atoms with van der Waals surface area (Å²) in [5, 5.41) is 0. The second kappa shape index (κ2) is 11.6. The van der Waals surface area contributed by atoms with Gasteiger partial charge in [0.15, 0.2) is 5.43 Å². The average Bonchev–Trinajstić information content (AvgIpc) is 2.80. The van der Waals surface area contributed by atoms with Crippen LogP contribution < -0.4 is 10.2 Å². The van der Waals surface area contributed by atoms with Crippen molar-refractivity contribution in [3.8, 4) is 16.3 Å². The lowest BCUT2D eigenvalue weighted by Gasteiger charge is -2.14. The highest BCUT2D eigenvalue weighted by molar-refractivity contribution is 7.21. The normalized spacial score (nSPS) is 12.4. The molecule has 3 nitrogen and oxygen atoms in total. The minimum atomic E-state index is 0.124. The Morgan fingerprint density at radius 2 is 1.59 bits per heavy atom. The summed E-state index contributed by atoms with van der Waals surface area (Å²) >= 11 is 1.63. The number of hydrogen-bond donors (Lipinski definition) is 0. The number of nitrogens with zero attached hydrogens (tertiary/aromatic N) is 1. The highest BCUT2D eigenvalue weighted by Gasteiger charge is 2.18. The van der Waals surface area contributed by atoms with E-state index in [1.54, 1.807) is 11.3 Å². The molecular formula is C30H37NO2S. The van der Waals surface area contributed by atoms with Crippen molar-refractivity contribution in [1.82, 2.24) is 4.98 Å². The van der Waals surface area contributed by atoms with E-state index in [4.69, 9.17) is 9.72 Å². The fraction of sp³-hybridized carbons (Fsp3) is 0.400. The first-order valence-electron chi connectivity index (χ1n) is 12.1. The molecule has 0 amide bonds. The quantitative estimate of drug-likeness (QED) is 0.230. The topological polar surface area (TPSA) is 39.2 Å². The standard InChI is InChI=1S/C30H37NO2S/c1-19(2)10-8-11-20(3)12-9-13-21(4)16-17-33-25-14-15-27-26(18-25)31-28-22(5)23(6)29(32)24(7)30(28)34-27/h10,12,14-16,18H,8-9,11,13,17H2,1-7H3/b20-12+,21-16+. The van der Waals surface area contributed by atoms with Crippen LogP contribution in [0.2, 0.25) is 0 Å². The average molecular weight is 476 g/mol. The van der Waals surface area contributed by atoms with Gasteiger partial charge in [-0.25, -0.2) is 4.98 Å². The van der Waals surface area contributed by atoms with Gasteiger partial charge in [0.25, 0.3) is 0 Å². The number of benzene rings is 2. The van der Waals surface area contributed by atoms with Crippen molar-refractivity contribution in [3.63, 3.8) is 0 Å². The predicted octanol–water partition coefficient (Wildman–Crippen LogP) is 8.48. The molecule has 0 spiro atoms. The van der Waals surface area contributed by atoms with Crippen LogP contribution in [-0.2, 0) is 0 Å². The number of allylic oxidation sites excluding steroid dienone is 5. The lowest BCUT2D eigenvalue weighted by Crippen LogP contribution is -2.13. The molecule has 4 heteroatoms. The van der Waals surface area contributed by atoms with Gasteiger partial charge in [-0.05, 0) is 97.9 Å². The highest BCUT2D eigenvalue weighted by atomic mass is 32.1. The van der Waals surface area contributed by atoms with Crippen LogP contribution in [-0.4, -0.2) is 11.6 Å². The van der Waals surface area contributed by atoms with Crippen LogP contribution in [0.15, 0.2) is 57.9 Å². The van der Waals surface area contributed by atoms with Crippen molar-refractivity contribution in [2.24, 2.45) is 0 Å². The third-order valence-electron chi connectivity index (χ3n) is 6.33. The first-order chi connectivity index (χ1) is 16.2. The maximum absolute atomic E-state index is 12.5. The molecule has 1 aliphatic carbocycles.